The van der Waals surface area contributed by atoms with Crippen molar-refractivity contribution in [2.24, 2.45) is 0 Å². The number of carbonyl (C=O) groups is 1. The first kappa shape index (κ1) is 17.7. The quantitative estimate of drug-likeness (QED) is 0.815. The van der Waals surface area contributed by atoms with E-state index in [2.05, 4.69) is 14.6 Å². The van der Waals surface area contributed by atoms with Crippen LogP contribution < -0.4 is 14.8 Å². The average Bonchev–Trinajstić information content (AvgIpc) is 2.51. The van der Waals surface area contributed by atoms with E-state index in [9.17, 15) is 4.79 Å². The number of anilines is 1. The zero-order chi connectivity index (χ0) is 14.7. The van der Waals surface area contributed by atoms with Crippen molar-refractivity contribution in [1.29, 1.82) is 0 Å². The molecule has 1 heterocycles. The monoisotopic (exact) mass is 287 g/mol. The third-order valence-corrected chi connectivity index (χ3v) is 2.38. The summed E-state index contributed by atoms with van der Waals surface area (Å²) in [5.74, 6) is 1.37. The number of hydrogen-bond acceptors (Lipinski definition) is 4. The van der Waals surface area contributed by atoms with Crippen LogP contribution >= 0.6 is 9.24 Å². The topological polar surface area (TPSA) is 67.8 Å². The second-order valence-corrected chi connectivity index (χ2v) is 3.52. The van der Waals surface area contributed by atoms with Crippen LogP contribution in [0.1, 0.15) is 13.8 Å². The number of rotatable bonds is 2. The van der Waals surface area contributed by atoms with Gasteiger partial charge < -0.3 is 19.9 Å². The van der Waals surface area contributed by atoms with Crippen molar-refractivity contribution >= 4 is 20.8 Å². The molecule has 1 aromatic rings. The largest absolute Gasteiger partial charge is 0.486 e. The molecule has 0 saturated heterocycles. The lowest BCUT2D eigenvalue weighted by Crippen LogP contribution is -2.16. The number of aliphatic hydroxyl groups is 1. The Morgan fingerprint density at radius 2 is 1.84 bits per heavy atom. The van der Waals surface area contributed by atoms with Crippen molar-refractivity contribution < 1.29 is 19.4 Å². The SMILES string of the molecule is CC.CO.O=C(CP)Nc1ccc2c(c1)OCCO2. The summed E-state index contributed by atoms with van der Waals surface area (Å²) in [4.78, 5) is 11.1. The lowest BCUT2D eigenvalue weighted by molar-refractivity contribution is -0.113. The molecule has 1 atom stereocenters. The number of nitrogens with one attached hydrogen (secondary N) is 1. The van der Waals surface area contributed by atoms with Gasteiger partial charge in [0.25, 0.3) is 0 Å². The molecule has 0 spiro atoms. The number of ether oxygens (including phenoxy) is 2. The zero-order valence-electron chi connectivity index (χ0n) is 11.6. The van der Waals surface area contributed by atoms with E-state index >= 15 is 0 Å². The van der Waals surface area contributed by atoms with Crippen LogP contribution in [0.5, 0.6) is 11.5 Å². The van der Waals surface area contributed by atoms with Gasteiger partial charge in [0.15, 0.2) is 11.5 Å². The number of hydrogen-bond donors (Lipinski definition) is 2. The predicted octanol–water partition coefficient (Wildman–Crippen LogP) is 1.91. The fraction of sp³-hybridized carbons (Fsp3) is 0.462. The molecule has 1 aliphatic rings. The molecular formula is C13H22NO4P. The van der Waals surface area contributed by atoms with Gasteiger partial charge in [-0.1, -0.05) is 13.8 Å². The summed E-state index contributed by atoms with van der Waals surface area (Å²) in [6.45, 7) is 5.12. The first-order valence-corrected chi connectivity index (χ1v) is 6.95. The first-order valence-electron chi connectivity index (χ1n) is 6.14. The molecule has 0 radical (unpaired) electrons. The van der Waals surface area contributed by atoms with Crippen LogP contribution in [0.4, 0.5) is 5.69 Å². The number of aliphatic hydroxyl groups excluding tert-OH is 1. The lowest BCUT2D eigenvalue weighted by Gasteiger charge is -2.18. The van der Waals surface area contributed by atoms with Crippen LogP contribution in [0.15, 0.2) is 18.2 Å². The van der Waals surface area contributed by atoms with Crippen LogP contribution in [0, 0.1) is 0 Å². The normalized spacial score (nSPS) is 11.2. The molecule has 5 nitrogen and oxygen atoms in total. The van der Waals surface area contributed by atoms with E-state index in [-0.39, 0.29) is 5.91 Å². The molecule has 1 unspecified atom stereocenters. The van der Waals surface area contributed by atoms with Gasteiger partial charge in [-0.3, -0.25) is 4.79 Å². The van der Waals surface area contributed by atoms with E-state index in [4.69, 9.17) is 14.6 Å². The van der Waals surface area contributed by atoms with E-state index in [1.807, 2.05) is 13.8 Å². The van der Waals surface area contributed by atoms with E-state index in [1.165, 1.54) is 0 Å². The van der Waals surface area contributed by atoms with E-state index in [0.29, 0.717) is 25.1 Å². The van der Waals surface area contributed by atoms with Crippen LogP contribution in [0.2, 0.25) is 0 Å². The number of benzene rings is 1. The smallest absolute Gasteiger partial charge is 0.228 e. The zero-order valence-corrected chi connectivity index (χ0v) is 12.8. The Balaban J connectivity index is 0.000000741. The molecule has 1 amide bonds. The summed E-state index contributed by atoms with van der Waals surface area (Å²) in [5.41, 5.74) is 0.728. The van der Waals surface area contributed by atoms with Gasteiger partial charge >= 0.3 is 0 Å². The van der Waals surface area contributed by atoms with Crippen LogP contribution in [-0.4, -0.2) is 37.5 Å². The predicted molar refractivity (Wildman–Crippen MR) is 80.1 cm³/mol. The summed E-state index contributed by atoms with van der Waals surface area (Å²) in [7, 11) is 3.38. The van der Waals surface area contributed by atoms with Gasteiger partial charge in [0, 0.05) is 25.0 Å². The fourth-order valence-electron chi connectivity index (χ4n) is 1.33. The molecule has 0 bridgehead atoms. The maximum atomic E-state index is 11.1. The highest BCUT2D eigenvalue weighted by Gasteiger charge is 2.12. The van der Waals surface area contributed by atoms with E-state index in [1.54, 1.807) is 18.2 Å². The minimum atomic E-state index is -0.0447. The Kier molecular flexibility index (Phi) is 9.85. The van der Waals surface area contributed by atoms with Crippen LogP contribution in [-0.2, 0) is 4.79 Å². The third kappa shape index (κ3) is 5.90. The van der Waals surface area contributed by atoms with Gasteiger partial charge in [0.2, 0.25) is 5.91 Å². The molecule has 1 aromatic carbocycles. The van der Waals surface area contributed by atoms with Gasteiger partial charge in [-0.05, 0) is 12.1 Å². The molecular weight excluding hydrogens is 265 g/mol. The van der Waals surface area contributed by atoms with E-state index < -0.39 is 0 Å². The van der Waals surface area contributed by atoms with Gasteiger partial charge in [0.05, 0.1) is 0 Å². The van der Waals surface area contributed by atoms with E-state index in [0.717, 1.165) is 18.5 Å². The van der Waals surface area contributed by atoms with Crippen molar-refractivity contribution in [3.8, 4) is 11.5 Å². The third-order valence-electron chi connectivity index (χ3n) is 2.01. The molecule has 108 valence electrons. The van der Waals surface area contributed by atoms with Crippen LogP contribution in [0.25, 0.3) is 0 Å². The summed E-state index contributed by atoms with van der Waals surface area (Å²) < 4.78 is 10.8. The second kappa shape index (κ2) is 10.6. The highest BCUT2D eigenvalue weighted by molar-refractivity contribution is 7.18. The second-order valence-electron chi connectivity index (χ2n) is 3.11. The molecule has 1 aliphatic heterocycles. The highest BCUT2D eigenvalue weighted by Crippen LogP contribution is 2.32. The van der Waals surface area contributed by atoms with Crippen molar-refractivity contribution in [2.75, 3.05) is 31.8 Å². The molecule has 2 rings (SSSR count). The standard InChI is InChI=1S/C10H12NO3P.C2H6.CH4O/c12-10(6-15)11-7-1-2-8-9(5-7)14-4-3-13-8;2*1-2/h1-2,5H,3-4,6,15H2,(H,11,12);1-2H3;2H,1H3. The lowest BCUT2D eigenvalue weighted by atomic mass is 10.2. The Morgan fingerprint density at radius 3 is 2.42 bits per heavy atom. The summed E-state index contributed by atoms with van der Waals surface area (Å²) in [6, 6.07) is 5.37. The Labute approximate surface area is 116 Å². The summed E-state index contributed by atoms with van der Waals surface area (Å²) >= 11 is 0. The van der Waals surface area contributed by atoms with Crippen molar-refractivity contribution in [3.63, 3.8) is 0 Å². The first-order chi connectivity index (χ1) is 9.29. The molecule has 0 aliphatic carbocycles. The number of carbonyl (C=O) groups excluding carboxylic acids is 1. The Hall–Kier alpha value is -1.32. The maximum Gasteiger partial charge on any atom is 0.228 e. The summed E-state index contributed by atoms with van der Waals surface area (Å²) in [5, 5.41) is 9.75. The fourth-order valence-corrected chi connectivity index (χ4v) is 1.44. The van der Waals surface area contributed by atoms with Gasteiger partial charge in [-0.2, -0.15) is 0 Å². The Bertz CT molecular complexity index is 385. The summed E-state index contributed by atoms with van der Waals surface area (Å²) in [6.07, 6.45) is 0.383. The molecule has 0 aromatic heterocycles. The van der Waals surface area contributed by atoms with Gasteiger partial charge in [-0.15, -0.1) is 9.24 Å². The van der Waals surface area contributed by atoms with Crippen LogP contribution in [0.3, 0.4) is 0 Å². The number of fused-ring (bicyclic) bond motifs is 1. The minimum absolute atomic E-state index is 0.0447. The highest BCUT2D eigenvalue weighted by atomic mass is 31.0. The van der Waals surface area contributed by atoms with Gasteiger partial charge in [0.1, 0.15) is 13.2 Å². The average molecular weight is 287 g/mol. The molecule has 2 N–H and O–H groups in total. The molecule has 19 heavy (non-hydrogen) atoms. The molecule has 6 heteroatoms. The van der Waals surface area contributed by atoms with Crippen molar-refractivity contribution in [3.05, 3.63) is 18.2 Å². The number of amides is 1. The van der Waals surface area contributed by atoms with Gasteiger partial charge in [-0.25, -0.2) is 0 Å². The minimum Gasteiger partial charge on any atom is -0.486 e. The maximum absolute atomic E-state index is 11.1. The Morgan fingerprint density at radius 1 is 1.26 bits per heavy atom. The molecule has 0 saturated carbocycles. The van der Waals surface area contributed by atoms with Crippen molar-refractivity contribution in [1.82, 2.24) is 0 Å². The molecule has 0 fully saturated rings. The van der Waals surface area contributed by atoms with Crippen molar-refractivity contribution in [2.45, 2.75) is 13.8 Å².